The van der Waals surface area contributed by atoms with Gasteiger partial charge in [0.25, 0.3) is 0 Å². The van der Waals surface area contributed by atoms with Crippen molar-refractivity contribution < 1.29 is 14.3 Å². The number of aryl methyl sites for hydroxylation is 1. The molecule has 0 saturated heterocycles. The predicted octanol–water partition coefficient (Wildman–Crippen LogP) is 1.98. The Balaban J connectivity index is 2.42. The lowest BCUT2D eigenvalue weighted by atomic mass is 10.1. The first-order valence-electron chi connectivity index (χ1n) is 5.32. The molecule has 5 heteroatoms. The van der Waals surface area contributed by atoms with Crippen LogP contribution in [0.2, 0.25) is 0 Å². The molecule has 0 fully saturated rings. The van der Waals surface area contributed by atoms with E-state index in [2.05, 4.69) is 4.98 Å². The third-order valence-electron chi connectivity index (χ3n) is 2.85. The lowest BCUT2D eigenvalue weighted by molar-refractivity contribution is -0.141. The number of aromatic nitrogens is 2. The lowest BCUT2D eigenvalue weighted by Gasteiger charge is -2.05. The normalized spacial score (nSPS) is 12.9. The summed E-state index contributed by atoms with van der Waals surface area (Å²) >= 11 is 0. The summed E-state index contributed by atoms with van der Waals surface area (Å²) in [5.41, 5.74) is 1.36. The maximum absolute atomic E-state index is 13.0. The van der Waals surface area contributed by atoms with Crippen LogP contribution < -0.4 is 0 Å². The molecule has 1 heterocycles. The van der Waals surface area contributed by atoms with Crippen LogP contribution in [0.25, 0.3) is 11.0 Å². The number of fused-ring (bicyclic) bond motifs is 1. The number of nitrogens with zero attached hydrogens (tertiary/aromatic N) is 2. The largest absolute Gasteiger partial charge is 0.481 e. The number of halogens is 1. The van der Waals surface area contributed by atoms with E-state index in [0.29, 0.717) is 17.8 Å². The molecule has 0 amide bonds. The highest BCUT2D eigenvalue weighted by atomic mass is 19.1. The molecule has 0 aliphatic carbocycles. The van der Waals surface area contributed by atoms with E-state index in [9.17, 15) is 9.18 Å². The minimum Gasteiger partial charge on any atom is -0.481 e. The quantitative estimate of drug-likeness (QED) is 0.886. The van der Waals surface area contributed by atoms with Crippen molar-refractivity contribution in [2.45, 2.75) is 13.3 Å². The van der Waals surface area contributed by atoms with Gasteiger partial charge in [-0.3, -0.25) is 4.79 Å². The van der Waals surface area contributed by atoms with E-state index in [0.717, 1.165) is 5.52 Å². The number of aliphatic carboxylic acids is 1. The van der Waals surface area contributed by atoms with E-state index < -0.39 is 11.9 Å². The van der Waals surface area contributed by atoms with Crippen LogP contribution in [-0.2, 0) is 18.3 Å². The first-order valence-corrected chi connectivity index (χ1v) is 5.32. The first kappa shape index (κ1) is 11.6. The van der Waals surface area contributed by atoms with Gasteiger partial charge in [-0.1, -0.05) is 6.92 Å². The number of carboxylic acids is 1. The highest BCUT2D eigenvalue weighted by Gasteiger charge is 2.16. The number of imidazole rings is 1. The highest BCUT2D eigenvalue weighted by molar-refractivity contribution is 5.76. The smallest absolute Gasteiger partial charge is 0.306 e. The van der Waals surface area contributed by atoms with Crippen LogP contribution in [0.4, 0.5) is 4.39 Å². The fraction of sp³-hybridized carbons (Fsp3) is 0.333. The van der Waals surface area contributed by atoms with Crippen molar-refractivity contribution in [3.05, 3.63) is 29.8 Å². The summed E-state index contributed by atoms with van der Waals surface area (Å²) in [6.45, 7) is 1.63. The molecule has 1 unspecified atom stereocenters. The van der Waals surface area contributed by atoms with Gasteiger partial charge in [0.1, 0.15) is 11.6 Å². The standard InChI is InChI=1S/C12H13FN2O2/c1-7(12(16)17)5-11-14-9-6-8(13)3-4-10(9)15(11)2/h3-4,6-7H,5H2,1-2H3,(H,16,17). The van der Waals surface area contributed by atoms with Gasteiger partial charge in [0, 0.05) is 19.5 Å². The molecule has 0 radical (unpaired) electrons. The van der Waals surface area contributed by atoms with Crippen LogP contribution in [-0.4, -0.2) is 20.6 Å². The van der Waals surface area contributed by atoms with Gasteiger partial charge in [0.15, 0.2) is 0 Å². The lowest BCUT2D eigenvalue weighted by Crippen LogP contribution is -2.14. The van der Waals surface area contributed by atoms with Gasteiger partial charge in [0.2, 0.25) is 0 Å². The van der Waals surface area contributed by atoms with Crippen molar-refractivity contribution >= 4 is 17.0 Å². The third-order valence-corrected chi connectivity index (χ3v) is 2.85. The molecule has 0 aliphatic rings. The van der Waals surface area contributed by atoms with E-state index in [-0.39, 0.29) is 5.82 Å². The van der Waals surface area contributed by atoms with E-state index in [1.165, 1.54) is 12.1 Å². The summed E-state index contributed by atoms with van der Waals surface area (Å²) in [6, 6.07) is 4.37. The summed E-state index contributed by atoms with van der Waals surface area (Å²) in [5, 5.41) is 8.86. The Morgan fingerprint density at radius 2 is 2.29 bits per heavy atom. The molecule has 1 aromatic heterocycles. The van der Waals surface area contributed by atoms with Gasteiger partial charge in [0.05, 0.1) is 17.0 Å². The zero-order chi connectivity index (χ0) is 12.6. The Hall–Kier alpha value is -1.91. The molecule has 0 spiro atoms. The SMILES string of the molecule is CC(Cc1nc2cc(F)ccc2n1C)C(=O)O. The van der Waals surface area contributed by atoms with Gasteiger partial charge in [-0.15, -0.1) is 0 Å². The molecular weight excluding hydrogens is 223 g/mol. The van der Waals surface area contributed by atoms with Gasteiger partial charge >= 0.3 is 5.97 Å². The zero-order valence-electron chi connectivity index (χ0n) is 9.64. The van der Waals surface area contributed by atoms with Crippen LogP contribution in [0.15, 0.2) is 18.2 Å². The van der Waals surface area contributed by atoms with Gasteiger partial charge in [-0.25, -0.2) is 9.37 Å². The molecular formula is C12H13FN2O2. The molecule has 0 bridgehead atoms. The molecule has 0 saturated carbocycles. The molecule has 1 atom stereocenters. The van der Waals surface area contributed by atoms with Gasteiger partial charge < -0.3 is 9.67 Å². The van der Waals surface area contributed by atoms with Crippen molar-refractivity contribution in [2.75, 3.05) is 0 Å². The molecule has 1 aromatic carbocycles. The molecule has 90 valence electrons. The van der Waals surface area contributed by atoms with Crippen LogP contribution in [0.1, 0.15) is 12.7 Å². The Kier molecular flexibility index (Phi) is 2.83. The summed E-state index contributed by atoms with van der Waals surface area (Å²) in [6.07, 6.45) is 0.335. The van der Waals surface area contributed by atoms with Gasteiger partial charge in [-0.2, -0.15) is 0 Å². The third kappa shape index (κ3) is 2.13. The minimum absolute atomic E-state index is 0.335. The number of carboxylic acid groups (broad SMARTS) is 1. The Bertz CT molecular complexity index is 577. The van der Waals surface area contributed by atoms with Gasteiger partial charge in [-0.05, 0) is 12.1 Å². The number of hydrogen-bond donors (Lipinski definition) is 1. The fourth-order valence-corrected chi connectivity index (χ4v) is 1.77. The average molecular weight is 236 g/mol. The van der Waals surface area contributed by atoms with Crippen LogP contribution in [0, 0.1) is 11.7 Å². The Morgan fingerprint density at radius 3 is 2.94 bits per heavy atom. The molecule has 4 nitrogen and oxygen atoms in total. The van der Waals surface area contributed by atoms with E-state index in [1.54, 1.807) is 24.6 Å². The summed E-state index contributed by atoms with van der Waals surface area (Å²) in [7, 11) is 1.80. The van der Waals surface area contributed by atoms with Crippen LogP contribution in [0.3, 0.4) is 0 Å². The number of carbonyl (C=O) groups is 1. The zero-order valence-corrected chi connectivity index (χ0v) is 9.64. The maximum Gasteiger partial charge on any atom is 0.306 e. The molecule has 0 aliphatic heterocycles. The highest BCUT2D eigenvalue weighted by Crippen LogP contribution is 2.18. The summed E-state index contributed by atoms with van der Waals surface area (Å²) in [5.74, 6) is -1.05. The fourth-order valence-electron chi connectivity index (χ4n) is 1.77. The van der Waals surface area contributed by atoms with Crippen molar-refractivity contribution in [2.24, 2.45) is 13.0 Å². The number of benzene rings is 1. The summed E-state index contributed by atoms with van der Waals surface area (Å²) < 4.78 is 14.8. The second kappa shape index (κ2) is 4.16. The topological polar surface area (TPSA) is 55.1 Å². The Labute approximate surface area is 97.7 Å². The molecule has 2 rings (SSSR count). The predicted molar refractivity (Wildman–Crippen MR) is 61.2 cm³/mol. The summed E-state index contributed by atoms with van der Waals surface area (Å²) in [4.78, 5) is 15.0. The first-order chi connectivity index (χ1) is 7.99. The monoisotopic (exact) mass is 236 g/mol. The second-order valence-electron chi connectivity index (χ2n) is 4.16. The molecule has 2 aromatic rings. The van der Waals surface area contributed by atoms with E-state index in [4.69, 9.17) is 5.11 Å². The second-order valence-corrected chi connectivity index (χ2v) is 4.16. The average Bonchev–Trinajstić information content (AvgIpc) is 2.55. The van der Waals surface area contributed by atoms with Crippen molar-refractivity contribution in [1.29, 1.82) is 0 Å². The minimum atomic E-state index is -0.858. The Morgan fingerprint density at radius 1 is 1.59 bits per heavy atom. The van der Waals surface area contributed by atoms with E-state index in [1.807, 2.05) is 0 Å². The van der Waals surface area contributed by atoms with Crippen LogP contribution >= 0.6 is 0 Å². The molecule has 17 heavy (non-hydrogen) atoms. The van der Waals surface area contributed by atoms with E-state index >= 15 is 0 Å². The van der Waals surface area contributed by atoms with Crippen molar-refractivity contribution in [3.8, 4) is 0 Å². The number of rotatable bonds is 3. The number of hydrogen-bond acceptors (Lipinski definition) is 2. The van der Waals surface area contributed by atoms with Crippen molar-refractivity contribution in [1.82, 2.24) is 9.55 Å². The maximum atomic E-state index is 13.0. The molecule has 1 N–H and O–H groups in total. The van der Waals surface area contributed by atoms with Crippen LogP contribution in [0.5, 0.6) is 0 Å². The van der Waals surface area contributed by atoms with Crippen molar-refractivity contribution in [3.63, 3.8) is 0 Å².